The molecule has 0 saturated carbocycles. The van der Waals surface area contributed by atoms with Crippen LogP contribution in [0, 0.1) is 5.92 Å². The number of halogens is 2. The molecule has 0 aromatic heterocycles. The van der Waals surface area contributed by atoms with Crippen molar-refractivity contribution in [2.45, 2.75) is 84.5 Å². The molecule has 0 radical (unpaired) electrons. The van der Waals surface area contributed by atoms with Gasteiger partial charge in [0, 0.05) is 25.8 Å². The van der Waals surface area contributed by atoms with Crippen molar-refractivity contribution >= 4 is 51.2 Å². The van der Waals surface area contributed by atoms with Crippen molar-refractivity contribution in [3.8, 4) is 0 Å². The Balaban J connectivity index is 1.93. The van der Waals surface area contributed by atoms with E-state index < -0.39 is 0 Å². The number of fused-ring (bicyclic) bond motifs is 3. The molecule has 0 aliphatic carbocycles. The highest BCUT2D eigenvalue weighted by Gasteiger charge is 2.50. The van der Waals surface area contributed by atoms with Gasteiger partial charge >= 0.3 is 5.97 Å². The van der Waals surface area contributed by atoms with Crippen LogP contribution in [0.15, 0.2) is 23.8 Å². The molecule has 6 atom stereocenters. The number of carbonyl (C=O) groups excluding carboxylic acids is 1. The van der Waals surface area contributed by atoms with Gasteiger partial charge in [-0.3, -0.25) is 0 Å². The Morgan fingerprint density at radius 2 is 1.88 bits per heavy atom. The molecule has 2 bridgehead atoms. The molecule has 2 saturated heterocycles. The van der Waals surface area contributed by atoms with E-state index in [-0.39, 0.29) is 29.2 Å². The third kappa shape index (κ3) is 3.98. The van der Waals surface area contributed by atoms with E-state index in [2.05, 4.69) is 78.6 Å². The number of rotatable bonds is 0. The molecule has 0 aromatic rings. The van der Waals surface area contributed by atoms with E-state index in [0.29, 0.717) is 13.4 Å². The normalized spacial score (nSPS) is 45.7. The summed E-state index contributed by atoms with van der Waals surface area (Å²) in [4.78, 5) is 12.1. The molecule has 2 fully saturated rings. The van der Waals surface area contributed by atoms with Gasteiger partial charge in [0.1, 0.15) is 6.10 Å². The predicted octanol–water partition coefficient (Wildman–Crippen LogP) is 5.54. The highest BCUT2D eigenvalue weighted by atomic mass is 127. The second-order valence-electron chi connectivity index (χ2n) is 8.31. The van der Waals surface area contributed by atoms with E-state index in [1.807, 2.05) is 0 Å². The highest BCUT2D eigenvalue weighted by molar-refractivity contribution is 14.1. The van der Waals surface area contributed by atoms with Crippen molar-refractivity contribution in [3.05, 3.63) is 23.8 Å². The molecule has 3 rings (SSSR count). The molecule has 6 unspecified atom stereocenters. The predicted molar refractivity (Wildman–Crippen MR) is 117 cm³/mol. The Hall–Kier alpha value is 0.370. The van der Waals surface area contributed by atoms with E-state index in [9.17, 15) is 4.79 Å². The van der Waals surface area contributed by atoms with Gasteiger partial charge in [0.05, 0.1) is 11.2 Å². The van der Waals surface area contributed by atoms with Crippen molar-refractivity contribution in [1.29, 1.82) is 0 Å². The maximum atomic E-state index is 12.1. The number of allylic oxidation sites excluding steroid dienone is 1. The lowest BCUT2D eigenvalue weighted by molar-refractivity contribution is -0.169. The first-order valence-electron chi connectivity index (χ1n) is 9.18. The van der Waals surface area contributed by atoms with Gasteiger partial charge in [-0.25, -0.2) is 4.79 Å². The number of carbonyl (C=O) groups is 1. The zero-order valence-electron chi connectivity index (χ0n) is 15.3. The fourth-order valence-electron chi connectivity index (χ4n) is 4.42. The quantitative estimate of drug-likeness (QED) is 0.126. The minimum atomic E-state index is -0.215. The van der Waals surface area contributed by atoms with E-state index >= 15 is 0 Å². The third-order valence-electron chi connectivity index (χ3n) is 6.22. The minimum Gasteiger partial charge on any atom is -0.458 e. The summed E-state index contributed by atoms with van der Waals surface area (Å²) in [6, 6.07) is 0. The Morgan fingerprint density at radius 1 is 1.20 bits per heavy atom. The van der Waals surface area contributed by atoms with Gasteiger partial charge < -0.3 is 9.47 Å². The second kappa shape index (κ2) is 7.41. The summed E-state index contributed by atoms with van der Waals surface area (Å²) >= 11 is 5.11. The van der Waals surface area contributed by atoms with Crippen molar-refractivity contribution in [3.63, 3.8) is 0 Å². The summed E-state index contributed by atoms with van der Waals surface area (Å²) in [6.45, 7) is 10.7. The van der Waals surface area contributed by atoms with Crippen LogP contribution in [-0.2, 0) is 14.3 Å². The molecule has 0 amide bonds. The average Bonchev–Trinajstić information content (AvgIpc) is 2.78. The summed E-state index contributed by atoms with van der Waals surface area (Å²) in [7, 11) is 0. The van der Waals surface area contributed by atoms with Crippen LogP contribution in [0.2, 0.25) is 0 Å². The Bertz CT molecular complexity index is 602. The van der Waals surface area contributed by atoms with Gasteiger partial charge in [0.25, 0.3) is 0 Å². The van der Waals surface area contributed by atoms with Crippen LogP contribution in [0.1, 0.15) is 59.3 Å². The Morgan fingerprint density at radius 3 is 2.60 bits per heavy atom. The number of ether oxygens (including phenoxy) is 2. The van der Waals surface area contributed by atoms with Crippen LogP contribution in [0.25, 0.3) is 0 Å². The number of esters is 1. The molecule has 3 nitrogen and oxygen atoms in total. The van der Waals surface area contributed by atoms with Crippen molar-refractivity contribution in [1.82, 2.24) is 0 Å². The first kappa shape index (κ1) is 20.1. The van der Waals surface area contributed by atoms with Crippen LogP contribution in [0.4, 0.5) is 0 Å². The van der Waals surface area contributed by atoms with Gasteiger partial charge in [0.15, 0.2) is 0 Å². The molecule has 0 spiro atoms. The van der Waals surface area contributed by atoms with Crippen LogP contribution >= 0.6 is 45.2 Å². The number of hydrogen-bond donors (Lipinski definition) is 0. The van der Waals surface area contributed by atoms with Crippen LogP contribution < -0.4 is 0 Å². The van der Waals surface area contributed by atoms with Gasteiger partial charge in [-0.2, -0.15) is 0 Å². The molecule has 3 heterocycles. The molecular formula is C20H28I2O3. The lowest BCUT2D eigenvalue weighted by Crippen LogP contribution is -2.55. The monoisotopic (exact) mass is 570 g/mol. The topological polar surface area (TPSA) is 35.5 Å². The number of hydrogen-bond acceptors (Lipinski definition) is 3. The Kier molecular flexibility index (Phi) is 5.96. The first-order chi connectivity index (χ1) is 11.6. The third-order valence-corrected chi connectivity index (χ3v) is 9.99. The second-order valence-corrected chi connectivity index (χ2v) is 11.3. The fraction of sp³-hybridized carbons (Fsp3) is 0.750. The molecule has 25 heavy (non-hydrogen) atoms. The van der Waals surface area contributed by atoms with E-state index in [4.69, 9.17) is 9.47 Å². The summed E-state index contributed by atoms with van der Waals surface area (Å²) in [5.41, 5.74) is 1.69. The lowest BCUT2D eigenvalue weighted by Gasteiger charge is -2.50. The zero-order valence-corrected chi connectivity index (χ0v) is 19.6. The minimum absolute atomic E-state index is 0.0659. The largest absolute Gasteiger partial charge is 0.458 e. The average molecular weight is 570 g/mol. The summed E-state index contributed by atoms with van der Waals surface area (Å²) in [5.74, 6) is -0.116. The highest BCUT2D eigenvalue weighted by Crippen LogP contribution is 2.48. The maximum absolute atomic E-state index is 12.1. The van der Waals surface area contributed by atoms with Gasteiger partial charge in [-0.1, -0.05) is 63.4 Å². The standard InChI is InChI=1S/C20H28I2O3/c1-12-6-5-8-19(3)16(21)7-9-20(4,25-19)17(22)11-14-13(2)18(23)24-15(14)10-12/h6,14-17H,2,5,7-11H2,1,3-4H3. The SMILES string of the molecule is C=C1C(=O)OC2CC(C)=CCCC3(C)OC(C)(CCC3I)C(I)CC12. The summed E-state index contributed by atoms with van der Waals surface area (Å²) in [6.07, 6.45) is 8.25. The smallest absolute Gasteiger partial charge is 0.334 e. The summed E-state index contributed by atoms with van der Waals surface area (Å²) < 4.78 is 13.3. The van der Waals surface area contributed by atoms with Crippen LogP contribution in [0.5, 0.6) is 0 Å². The van der Waals surface area contributed by atoms with Crippen LogP contribution in [-0.4, -0.2) is 31.1 Å². The molecule has 3 aliphatic heterocycles. The van der Waals surface area contributed by atoms with Crippen molar-refractivity contribution < 1.29 is 14.3 Å². The zero-order chi connectivity index (χ0) is 18.4. The van der Waals surface area contributed by atoms with E-state index in [1.165, 1.54) is 12.0 Å². The van der Waals surface area contributed by atoms with Gasteiger partial charge in [-0.15, -0.1) is 0 Å². The van der Waals surface area contributed by atoms with Crippen molar-refractivity contribution in [2.24, 2.45) is 5.92 Å². The van der Waals surface area contributed by atoms with E-state index in [0.717, 1.165) is 32.1 Å². The van der Waals surface area contributed by atoms with Gasteiger partial charge in [0.2, 0.25) is 0 Å². The fourth-order valence-corrected chi connectivity index (χ4v) is 6.16. The van der Waals surface area contributed by atoms with Gasteiger partial charge in [-0.05, 0) is 52.9 Å². The van der Waals surface area contributed by atoms with E-state index in [1.54, 1.807) is 0 Å². The Labute approximate surface area is 178 Å². The number of alkyl halides is 2. The molecule has 3 aliphatic rings. The molecule has 0 N–H and O–H groups in total. The molecular weight excluding hydrogens is 542 g/mol. The summed E-state index contributed by atoms with van der Waals surface area (Å²) in [5, 5.41) is 0. The lowest BCUT2D eigenvalue weighted by atomic mass is 9.78. The van der Waals surface area contributed by atoms with Crippen LogP contribution in [0.3, 0.4) is 0 Å². The molecule has 5 heteroatoms. The first-order valence-corrected chi connectivity index (χ1v) is 11.7. The van der Waals surface area contributed by atoms with Crippen molar-refractivity contribution in [2.75, 3.05) is 0 Å². The maximum Gasteiger partial charge on any atom is 0.334 e. The molecule has 0 aromatic carbocycles. The molecule has 140 valence electrons.